The molecule has 0 spiro atoms. The van der Waals surface area contributed by atoms with E-state index < -0.39 is 0 Å². The SMILES string of the molecule is CNc1cc(C)nc(CN2CCc3ccccc32)n1. The monoisotopic (exact) mass is 254 g/mol. The summed E-state index contributed by atoms with van der Waals surface area (Å²) in [6.07, 6.45) is 1.11. The van der Waals surface area contributed by atoms with Crippen molar-refractivity contribution >= 4 is 11.5 Å². The van der Waals surface area contributed by atoms with E-state index in [1.807, 2.05) is 20.0 Å². The Kier molecular flexibility index (Phi) is 3.07. The van der Waals surface area contributed by atoms with Crippen molar-refractivity contribution in [3.63, 3.8) is 0 Å². The number of hydrogen-bond donors (Lipinski definition) is 1. The second-order valence-corrected chi connectivity index (χ2v) is 4.86. The third-order valence-corrected chi connectivity index (χ3v) is 3.47. The standard InChI is InChI=1S/C15H18N4/c1-11-9-14(16-2)18-15(17-11)10-19-8-7-12-5-3-4-6-13(12)19/h3-6,9H,7-8,10H2,1-2H3,(H,16,17,18). The minimum absolute atomic E-state index is 0.771. The molecular formula is C15H18N4. The quantitative estimate of drug-likeness (QED) is 0.913. The largest absolute Gasteiger partial charge is 0.373 e. The summed E-state index contributed by atoms with van der Waals surface area (Å²) in [5.74, 6) is 1.76. The van der Waals surface area contributed by atoms with Crippen LogP contribution in [0.4, 0.5) is 11.5 Å². The van der Waals surface area contributed by atoms with Crippen molar-refractivity contribution in [1.82, 2.24) is 9.97 Å². The number of para-hydroxylation sites is 1. The molecule has 0 atom stereocenters. The van der Waals surface area contributed by atoms with E-state index in [0.717, 1.165) is 36.8 Å². The number of nitrogens with zero attached hydrogens (tertiary/aromatic N) is 3. The average Bonchev–Trinajstić information content (AvgIpc) is 2.82. The second-order valence-electron chi connectivity index (χ2n) is 4.86. The Morgan fingerprint density at radius 2 is 2.11 bits per heavy atom. The molecule has 0 radical (unpaired) electrons. The van der Waals surface area contributed by atoms with E-state index in [9.17, 15) is 0 Å². The van der Waals surface area contributed by atoms with Crippen molar-refractivity contribution in [3.8, 4) is 0 Å². The van der Waals surface area contributed by atoms with E-state index in [4.69, 9.17) is 0 Å². The maximum absolute atomic E-state index is 4.53. The van der Waals surface area contributed by atoms with Gasteiger partial charge in [-0.05, 0) is 25.0 Å². The predicted molar refractivity (Wildman–Crippen MR) is 77.5 cm³/mol. The van der Waals surface area contributed by atoms with Crippen LogP contribution in [0.3, 0.4) is 0 Å². The van der Waals surface area contributed by atoms with Crippen molar-refractivity contribution in [2.75, 3.05) is 23.8 Å². The number of rotatable bonds is 3. The highest BCUT2D eigenvalue weighted by Crippen LogP contribution is 2.28. The molecule has 3 rings (SSSR count). The number of nitrogens with one attached hydrogen (secondary N) is 1. The molecule has 4 nitrogen and oxygen atoms in total. The van der Waals surface area contributed by atoms with E-state index in [1.165, 1.54) is 11.3 Å². The van der Waals surface area contributed by atoms with Crippen molar-refractivity contribution in [2.45, 2.75) is 19.9 Å². The van der Waals surface area contributed by atoms with Crippen LogP contribution in [0.15, 0.2) is 30.3 Å². The Morgan fingerprint density at radius 3 is 2.95 bits per heavy atom. The van der Waals surface area contributed by atoms with Gasteiger partial charge in [0.2, 0.25) is 0 Å². The highest BCUT2D eigenvalue weighted by molar-refractivity contribution is 5.57. The molecule has 2 heterocycles. The molecule has 1 N–H and O–H groups in total. The zero-order valence-corrected chi connectivity index (χ0v) is 11.3. The van der Waals surface area contributed by atoms with Crippen LogP contribution >= 0.6 is 0 Å². The smallest absolute Gasteiger partial charge is 0.150 e. The Labute approximate surface area is 113 Å². The summed E-state index contributed by atoms with van der Waals surface area (Å²) in [5.41, 5.74) is 3.74. The van der Waals surface area contributed by atoms with Gasteiger partial charge in [0, 0.05) is 31.0 Å². The van der Waals surface area contributed by atoms with Crippen LogP contribution in [-0.4, -0.2) is 23.6 Å². The molecule has 1 aromatic heterocycles. The highest BCUT2D eigenvalue weighted by Gasteiger charge is 2.19. The van der Waals surface area contributed by atoms with Gasteiger partial charge in [0.05, 0.1) is 6.54 Å². The van der Waals surface area contributed by atoms with Crippen LogP contribution < -0.4 is 10.2 Å². The number of hydrogen-bond acceptors (Lipinski definition) is 4. The third-order valence-electron chi connectivity index (χ3n) is 3.47. The Balaban J connectivity index is 1.85. The number of aromatic nitrogens is 2. The van der Waals surface area contributed by atoms with Crippen LogP contribution in [0, 0.1) is 6.92 Å². The first-order valence-electron chi connectivity index (χ1n) is 6.61. The molecule has 98 valence electrons. The molecule has 0 saturated heterocycles. The highest BCUT2D eigenvalue weighted by atomic mass is 15.2. The zero-order chi connectivity index (χ0) is 13.2. The van der Waals surface area contributed by atoms with Crippen LogP contribution in [0.5, 0.6) is 0 Å². The first-order valence-corrected chi connectivity index (χ1v) is 6.61. The molecule has 0 fully saturated rings. The van der Waals surface area contributed by atoms with E-state index in [2.05, 4.69) is 44.5 Å². The molecule has 1 aliphatic heterocycles. The van der Waals surface area contributed by atoms with Crippen molar-refractivity contribution in [1.29, 1.82) is 0 Å². The van der Waals surface area contributed by atoms with Crippen LogP contribution in [0.1, 0.15) is 17.1 Å². The van der Waals surface area contributed by atoms with E-state index in [-0.39, 0.29) is 0 Å². The van der Waals surface area contributed by atoms with Gasteiger partial charge in [-0.15, -0.1) is 0 Å². The molecule has 0 saturated carbocycles. The summed E-state index contributed by atoms with van der Waals surface area (Å²) >= 11 is 0. The maximum atomic E-state index is 4.53. The van der Waals surface area contributed by atoms with Crippen LogP contribution in [0.25, 0.3) is 0 Å². The zero-order valence-electron chi connectivity index (χ0n) is 11.3. The van der Waals surface area contributed by atoms with Gasteiger partial charge in [0.1, 0.15) is 11.6 Å². The minimum Gasteiger partial charge on any atom is -0.373 e. The number of anilines is 2. The normalized spacial score (nSPS) is 13.5. The third kappa shape index (κ3) is 2.38. The van der Waals surface area contributed by atoms with Crippen molar-refractivity contribution in [2.24, 2.45) is 0 Å². The van der Waals surface area contributed by atoms with Gasteiger partial charge in [0.25, 0.3) is 0 Å². The molecule has 0 aliphatic carbocycles. The average molecular weight is 254 g/mol. The molecule has 4 heteroatoms. The molecule has 2 aromatic rings. The molecule has 1 aliphatic rings. The lowest BCUT2D eigenvalue weighted by molar-refractivity contribution is 0.781. The van der Waals surface area contributed by atoms with Gasteiger partial charge in [-0.25, -0.2) is 9.97 Å². The van der Waals surface area contributed by atoms with E-state index in [0.29, 0.717) is 0 Å². The number of benzene rings is 1. The van der Waals surface area contributed by atoms with E-state index in [1.54, 1.807) is 0 Å². The summed E-state index contributed by atoms with van der Waals surface area (Å²) in [4.78, 5) is 11.4. The Bertz CT molecular complexity index is 594. The predicted octanol–water partition coefficient (Wildman–Crippen LogP) is 2.39. The molecule has 0 bridgehead atoms. The fourth-order valence-corrected chi connectivity index (χ4v) is 2.57. The molecule has 19 heavy (non-hydrogen) atoms. The summed E-state index contributed by atoms with van der Waals surface area (Å²) in [7, 11) is 1.89. The summed E-state index contributed by atoms with van der Waals surface area (Å²) in [5, 5.41) is 3.08. The lowest BCUT2D eigenvalue weighted by Crippen LogP contribution is -2.21. The molecule has 0 unspecified atom stereocenters. The fraction of sp³-hybridized carbons (Fsp3) is 0.333. The molecule has 1 aromatic carbocycles. The molecular weight excluding hydrogens is 236 g/mol. The maximum Gasteiger partial charge on any atom is 0.150 e. The summed E-state index contributed by atoms with van der Waals surface area (Å²) in [6, 6.07) is 10.5. The van der Waals surface area contributed by atoms with Gasteiger partial charge in [0.15, 0.2) is 0 Å². The number of aryl methyl sites for hydroxylation is 1. The van der Waals surface area contributed by atoms with Gasteiger partial charge in [-0.2, -0.15) is 0 Å². The number of fused-ring (bicyclic) bond motifs is 1. The van der Waals surface area contributed by atoms with Gasteiger partial charge in [-0.3, -0.25) is 0 Å². The summed E-state index contributed by atoms with van der Waals surface area (Å²) in [6.45, 7) is 3.82. The fourth-order valence-electron chi connectivity index (χ4n) is 2.57. The van der Waals surface area contributed by atoms with Gasteiger partial charge >= 0.3 is 0 Å². The second kappa shape index (κ2) is 4.88. The van der Waals surface area contributed by atoms with Gasteiger partial charge < -0.3 is 10.2 Å². The van der Waals surface area contributed by atoms with E-state index >= 15 is 0 Å². The Morgan fingerprint density at radius 1 is 1.26 bits per heavy atom. The first kappa shape index (κ1) is 12.0. The lowest BCUT2D eigenvalue weighted by Gasteiger charge is -2.18. The minimum atomic E-state index is 0.771. The first-order chi connectivity index (χ1) is 9.26. The van der Waals surface area contributed by atoms with Crippen molar-refractivity contribution < 1.29 is 0 Å². The van der Waals surface area contributed by atoms with Crippen LogP contribution in [0.2, 0.25) is 0 Å². The topological polar surface area (TPSA) is 41.1 Å². The van der Waals surface area contributed by atoms with Gasteiger partial charge in [-0.1, -0.05) is 18.2 Å². The van der Waals surface area contributed by atoms with Crippen molar-refractivity contribution in [3.05, 3.63) is 47.4 Å². The molecule has 0 amide bonds. The Hall–Kier alpha value is -2.10. The summed E-state index contributed by atoms with van der Waals surface area (Å²) < 4.78 is 0. The lowest BCUT2D eigenvalue weighted by atomic mass is 10.2. The van der Waals surface area contributed by atoms with Crippen LogP contribution in [-0.2, 0) is 13.0 Å².